The van der Waals surface area contributed by atoms with Gasteiger partial charge in [-0.05, 0) is 45.4 Å². The van der Waals surface area contributed by atoms with Crippen molar-refractivity contribution >= 4 is 29.5 Å². The first-order valence-corrected chi connectivity index (χ1v) is 8.97. The average molecular weight is 342 g/mol. The monoisotopic (exact) mass is 341 g/mol. The zero-order valence-corrected chi connectivity index (χ0v) is 14.7. The summed E-state index contributed by atoms with van der Waals surface area (Å²) in [4.78, 5) is 22.9. The molecule has 0 aromatic carbocycles. The van der Waals surface area contributed by atoms with E-state index < -0.39 is 5.60 Å². The van der Waals surface area contributed by atoms with Crippen molar-refractivity contribution in [1.29, 1.82) is 0 Å². The van der Waals surface area contributed by atoms with Gasteiger partial charge in [-0.25, -0.2) is 14.8 Å². The van der Waals surface area contributed by atoms with Crippen LogP contribution in [0.5, 0.6) is 0 Å². The fraction of sp³-hybridized carbons (Fsp3) is 0.667. The van der Waals surface area contributed by atoms with Gasteiger partial charge >= 0.3 is 6.09 Å². The molecule has 0 spiro atoms. The summed E-state index contributed by atoms with van der Waals surface area (Å²) in [5, 5.41) is 1.14. The Hall–Kier alpha value is -1.01. The molecule has 1 unspecified atom stereocenters. The van der Waals surface area contributed by atoms with Gasteiger partial charge in [-0.3, -0.25) is 0 Å². The van der Waals surface area contributed by atoms with Crippen molar-refractivity contribution < 1.29 is 9.53 Å². The van der Waals surface area contributed by atoms with Crippen molar-refractivity contribution in [3.05, 3.63) is 16.9 Å². The Kier molecular flexibility index (Phi) is 4.01. The summed E-state index contributed by atoms with van der Waals surface area (Å²) in [7, 11) is 0. The lowest BCUT2D eigenvalue weighted by Crippen LogP contribution is -2.42. The zero-order valence-electron chi connectivity index (χ0n) is 13.2. The molecule has 1 aromatic heterocycles. The van der Waals surface area contributed by atoms with Crippen LogP contribution in [0.3, 0.4) is 0 Å². The lowest BCUT2D eigenvalue weighted by molar-refractivity contribution is 0.0232. The number of thioether (sulfide) groups is 1. The van der Waals surface area contributed by atoms with Crippen LogP contribution in [0, 0.1) is 5.92 Å². The van der Waals surface area contributed by atoms with E-state index in [0.29, 0.717) is 16.2 Å². The maximum Gasteiger partial charge on any atom is 0.410 e. The lowest BCUT2D eigenvalue weighted by Gasteiger charge is -2.36. The second-order valence-electron chi connectivity index (χ2n) is 6.82. The van der Waals surface area contributed by atoms with E-state index in [9.17, 15) is 4.79 Å². The van der Waals surface area contributed by atoms with Crippen LogP contribution in [0.25, 0.3) is 0 Å². The molecule has 2 saturated heterocycles. The normalized spacial score (nSPS) is 26.8. The molecule has 5 nitrogen and oxygen atoms in total. The van der Waals surface area contributed by atoms with Crippen LogP contribution < -0.4 is 0 Å². The molecule has 2 bridgehead atoms. The highest BCUT2D eigenvalue weighted by Gasteiger charge is 2.55. The van der Waals surface area contributed by atoms with Gasteiger partial charge in [-0.1, -0.05) is 23.4 Å². The van der Waals surface area contributed by atoms with Crippen LogP contribution >= 0.6 is 23.4 Å². The Morgan fingerprint density at radius 2 is 2.18 bits per heavy atom. The highest BCUT2D eigenvalue weighted by Crippen LogP contribution is 2.52. The first kappa shape index (κ1) is 15.9. The lowest BCUT2D eigenvalue weighted by atomic mass is 9.72. The Balaban J connectivity index is 1.77. The van der Waals surface area contributed by atoms with Crippen molar-refractivity contribution in [2.45, 2.75) is 49.9 Å². The molecule has 2 aliphatic heterocycles. The second-order valence-corrected chi connectivity index (χ2v) is 7.98. The molecule has 22 heavy (non-hydrogen) atoms. The minimum absolute atomic E-state index is 0.167. The number of carbonyl (C=O) groups is 1. The van der Waals surface area contributed by atoms with Crippen LogP contribution in [0.4, 0.5) is 4.79 Å². The van der Waals surface area contributed by atoms with Gasteiger partial charge in [0.2, 0.25) is 0 Å². The summed E-state index contributed by atoms with van der Waals surface area (Å²) in [6.07, 6.45) is 2.71. The maximum atomic E-state index is 12.3. The average Bonchev–Trinajstić information content (AvgIpc) is 2.94. The molecule has 1 aromatic rings. The number of halogens is 1. The second kappa shape index (κ2) is 5.57. The molecule has 0 radical (unpaired) electrons. The van der Waals surface area contributed by atoms with E-state index >= 15 is 0 Å². The number of ether oxygens (including phenoxy) is 1. The number of carbonyl (C=O) groups excluding carboxylic acids is 1. The topological polar surface area (TPSA) is 55.3 Å². The molecule has 3 fully saturated rings. The fourth-order valence-corrected chi connectivity index (χ4v) is 3.89. The van der Waals surface area contributed by atoms with Crippen LogP contribution in [0.2, 0.25) is 5.15 Å². The van der Waals surface area contributed by atoms with Crippen LogP contribution in [-0.2, 0) is 4.74 Å². The molecule has 120 valence electrons. The Labute approximate surface area is 139 Å². The van der Waals surface area contributed by atoms with Crippen molar-refractivity contribution in [2.24, 2.45) is 5.92 Å². The first-order chi connectivity index (χ1) is 10.3. The van der Waals surface area contributed by atoms with Gasteiger partial charge in [-0.15, -0.1) is 0 Å². The highest BCUT2D eigenvalue weighted by atomic mass is 35.5. The molecule has 1 saturated carbocycles. The fourth-order valence-electron chi connectivity index (χ4n) is 3.26. The highest BCUT2D eigenvalue weighted by molar-refractivity contribution is 7.98. The Morgan fingerprint density at radius 1 is 1.45 bits per heavy atom. The quantitative estimate of drug-likeness (QED) is 0.467. The first-order valence-electron chi connectivity index (χ1n) is 7.36. The van der Waals surface area contributed by atoms with Gasteiger partial charge in [0.25, 0.3) is 0 Å². The predicted molar refractivity (Wildman–Crippen MR) is 86.4 cm³/mol. The zero-order chi connectivity index (χ0) is 16.1. The Morgan fingerprint density at radius 3 is 2.82 bits per heavy atom. The summed E-state index contributed by atoms with van der Waals surface area (Å²) in [5.74, 6) is 0.692. The standard InChI is InChI=1S/C15H20ClN3O2S/c1-15(2,3)21-14(20)19-7-8-5-10(19)12(8)9-6-11(16)18-13(17-9)22-4/h6,8,10,12H,5,7H2,1-4H3/t8-,10?,12+/m1/s1. The smallest absolute Gasteiger partial charge is 0.410 e. The van der Waals surface area contributed by atoms with Crippen LogP contribution in [-0.4, -0.2) is 45.4 Å². The SMILES string of the molecule is CSc1nc(Cl)cc([C@H]2C3C[C@@H]2CN3C(=O)OC(C)(C)C)n1. The molecule has 0 N–H and O–H groups in total. The molecule has 3 aliphatic rings. The maximum absolute atomic E-state index is 12.3. The molecular weight excluding hydrogens is 322 g/mol. The molecule has 3 heterocycles. The van der Waals surface area contributed by atoms with E-state index in [1.165, 1.54) is 11.8 Å². The number of fused-ring (bicyclic) bond motifs is 1. The summed E-state index contributed by atoms with van der Waals surface area (Å²) in [6.45, 7) is 6.40. The summed E-state index contributed by atoms with van der Waals surface area (Å²) >= 11 is 7.56. The predicted octanol–water partition coefficient (Wildman–Crippen LogP) is 3.57. The third-order valence-corrected chi connectivity index (χ3v) is 4.89. The molecule has 3 atom stereocenters. The van der Waals surface area contributed by atoms with E-state index in [0.717, 1.165) is 18.7 Å². The minimum Gasteiger partial charge on any atom is -0.444 e. The Bertz CT molecular complexity index is 605. The van der Waals surface area contributed by atoms with E-state index in [-0.39, 0.29) is 18.1 Å². The molecular formula is C15H20ClN3O2S. The van der Waals surface area contributed by atoms with E-state index in [1.54, 1.807) is 0 Å². The molecule has 1 amide bonds. The largest absolute Gasteiger partial charge is 0.444 e. The number of aromatic nitrogens is 2. The van der Waals surface area contributed by atoms with Crippen molar-refractivity contribution in [2.75, 3.05) is 12.8 Å². The van der Waals surface area contributed by atoms with Gasteiger partial charge in [0.1, 0.15) is 10.8 Å². The molecule has 7 heteroatoms. The van der Waals surface area contributed by atoms with Crippen molar-refractivity contribution in [3.63, 3.8) is 0 Å². The van der Waals surface area contributed by atoms with Gasteiger partial charge < -0.3 is 9.64 Å². The summed E-state index contributed by atoms with van der Waals surface area (Å²) < 4.78 is 5.50. The van der Waals surface area contributed by atoms with Crippen molar-refractivity contribution in [3.8, 4) is 0 Å². The number of hydrogen-bond acceptors (Lipinski definition) is 5. The van der Waals surface area contributed by atoms with E-state index in [1.807, 2.05) is 38.0 Å². The summed E-state index contributed by atoms with van der Waals surface area (Å²) in [5.41, 5.74) is 0.473. The third kappa shape index (κ3) is 2.91. The van der Waals surface area contributed by atoms with Gasteiger partial charge in [0, 0.05) is 18.5 Å². The van der Waals surface area contributed by atoms with E-state index in [4.69, 9.17) is 16.3 Å². The molecule has 4 rings (SSSR count). The van der Waals surface area contributed by atoms with Crippen LogP contribution in [0.1, 0.15) is 38.8 Å². The van der Waals surface area contributed by atoms with Crippen molar-refractivity contribution in [1.82, 2.24) is 14.9 Å². The minimum atomic E-state index is -0.468. The number of rotatable bonds is 2. The van der Waals surface area contributed by atoms with Gasteiger partial charge in [0.05, 0.1) is 5.69 Å². The molecule has 1 aliphatic carbocycles. The number of nitrogens with zero attached hydrogens (tertiary/aromatic N) is 3. The van der Waals surface area contributed by atoms with Crippen LogP contribution in [0.15, 0.2) is 11.2 Å². The number of hydrogen-bond donors (Lipinski definition) is 0. The summed E-state index contributed by atoms with van der Waals surface area (Å²) in [6, 6.07) is 1.99. The van der Waals surface area contributed by atoms with Gasteiger partial charge in [0.15, 0.2) is 5.16 Å². The number of amides is 1. The van der Waals surface area contributed by atoms with E-state index in [2.05, 4.69) is 9.97 Å². The van der Waals surface area contributed by atoms with Gasteiger partial charge in [-0.2, -0.15) is 0 Å². The third-order valence-electron chi connectivity index (χ3n) is 4.14.